The molecule has 3 nitrogen and oxygen atoms in total. The zero-order valence-electron chi connectivity index (χ0n) is 10.3. The van der Waals surface area contributed by atoms with Gasteiger partial charge in [-0.05, 0) is 23.5 Å². The van der Waals surface area contributed by atoms with Crippen LogP contribution in [-0.2, 0) is 11.3 Å². The summed E-state index contributed by atoms with van der Waals surface area (Å²) in [4.78, 5) is 11.4. The number of thioether (sulfide) groups is 1. The van der Waals surface area contributed by atoms with Crippen LogP contribution in [0.2, 0.25) is 0 Å². The van der Waals surface area contributed by atoms with E-state index in [1.807, 2.05) is 30.3 Å². The van der Waals surface area contributed by atoms with Gasteiger partial charge in [0, 0.05) is 6.54 Å². The first-order chi connectivity index (χ1) is 8.22. The second kappa shape index (κ2) is 8.01. The van der Waals surface area contributed by atoms with Crippen LogP contribution in [0.1, 0.15) is 12.5 Å². The summed E-state index contributed by atoms with van der Waals surface area (Å²) < 4.78 is 5.10. The maximum atomic E-state index is 11.4. The highest BCUT2D eigenvalue weighted by atomic mass is 32.2. The smallest absolute Gasteiger partial charge is 0.407 e. The standard InChI is InChI=1S/C13H19NO2S/c1-11(10-17-2)8-14-13(15)16-9-12-6-4-3-5-7-12/h3-7,11H,8-10H2,1-2H3,(H,14,15). The molecule has 0 aliphatic rings. The molecule has 0 heterocycles. The molecule has 0 spiro atoms. The third-order valence-electron chi connectivity index (χ3n) is 2.26. The van der Waals surface area contributed by atoms with Gasteiger partial charge in [0.1, 0.15) is 6.61 Å². The van der Waals surface area contributed by atoms with Crippen molar-refractivity contribution in [3.8, 4) is 0 Å². The van der Waals surface area contributed by atoms with Crippen LogP contribution in [0, 0.1) is 5.92 Å². The maximum Gasteiger partial charge on any atom is 0.407 e. The van der Waals surface area contributed by atoms with E-state index < -0.39 is 0 Å². The maximum absolute atomic E-state index is 11.4. The Bertz CT molecular complexity index is 329. The lowest BCUT2D eigenvalue weighted by Gasteiger charge is -2.11. The number of amides is 1. The first kappa shape index (κ1) is 13.9. The monoisotopic (exact) mass is 253 g/mol. The molecule has 17 heavy (non-hydrogen) atoms. The van der Waals surface area contributed by atoms with E-state index in [1.165, 1.54) is 0 Å². The Kier molecular flexibility index (Phi) is 6.55. The number of benzene rings is 1. The van der Waals surface area contributed by atoms with Crippen molar-refractivity contribution in [2.75, 3.05) is 18.6 Å². The molecule has 1 amide bonds. The number of rotatable bonds is 6. The molecule has 94 valence electrons. The van der Waals surface area contributed by atoms with Crippen LogP contribution < -0.4 is 5.32 Å². The number of hydrogen-bond donors (Lipinski definition) is 1. The van der Waals surface area contributed by atoms with E-state index in [9.17, 15) is 4.79 Å². The molecule has 1 unspecified atom stereocenters. The minimum atomic E-state index is -0.346. The third kappa shape index (κ3) is 6.22. The van der Waals surface area contributed by atoms with Gasteiger partial charge in [0.2, 0.25) is 0 Å². The fourth-order valence-electron chi connectivity index (χ4n) is 1.38. The van der Waals surface area contributed by atoms with Crippen molar-refractivity contribution in [1.29, 1.82) is 0 Å². The fraction of sp³-hybridized carbons (Fsp3) is 0.462. The lowest BCUT2D eigenvalue weighted by atomic mass is 10.2. The first-order valence-corrected chi connectivity index (χ1v) is 7.05. The average Bonchev–Trinajstić information content (AvgIpc) is 2.35. The summed E-state index contributed by atoms with van der Waals surface area (Å²) >= 11 is 1.78. The molecule has 4 heteroatoms. The quantitative estimate of drug-likeness (QED) is 0.847. The number of ether oxygens (including phenoxy) is 1. The van der Waals surface area contributed by atoms with Crippen molar-refractivity contribution in [3.05, 3.63) is 35.9 Å². The SMILES string of the molecule is CSCC(C)CNC(=O)OCc1ccccc1. The molecule has 0 fully saturated rings. The van der Waals surface area contributed by atoms with Crippen molar-refractivity contribution in [2.45, 2.75) is 13.5 Å². The molecule has 0 bridgehead atoms. The normalized spacial score (nSPS) is 11.9. The summed E-state index contributed by atoms with van der Waals surface area (Å²) in [7, 11) is 0. The number of carbonyl (C=O) groups is 1. The Morgan fingerprint density at radius 1 is 1.41 bits per heavy atom. The molecule has 0 saturated heterocycles. The van der Waals surface area contributed by atoms with Crippen LogP contribution in [0.4, 0.5) is 4.79 Å². The minimum absolute atomic E-state index is 0.323. The van der Waals surface area contributed by atoms with Gasteiger partial charge in [-0.25, -0.2) is 4.79 Å². The predicted molar refractivity (Wildman–Crippen MR) is 72.2 cm³/mol. The zero-order chi connectivity index (χ0) is 12.5. The molecule has 0 radical (unpaired) electrons. The summed E-state index contributed by atoms with van der Waals surface area (Å²) in [5, 5.41) is 2.76. The lowest BCUT2D eigenvalue weighted by molar-refractivity contribution is 0.138. The summed E-state index contributed by atoms with van der Waals surface area (Å²) in [5.41, 5.74) is 1.000. The van der Waals surface area contributed by atoms with E-state index in [0.717, 1.165) is 11.3 Å². The molecular weight excluding hydrogens is 234 g/mol. The Labute approximate surface area is 107 Å². The molecule has 1 aromatic rings. The van der Waals surface area contributed by atoms with Crippen LogP contribution in [-0.4, -0.2) is 24.6 Å². The molecule has 0 aromatic heterocycles. The molecule has 0 saturated carbocycles. The number of alkyl carbamates (subject to hydrolysis) is 1. The van der Waals surface area contributed by atoms with E-state index >= 15 is 0 Å². The van der Waals surface area contributed by atoms with Crippen molar-refractivity contribution in [2.24, 2.45) is 5.92 Å². The van der Waals surface area contributed by atoms with E-state index in [2.05, 4.69) is 18.5 Å². The van der Waals surface area contributed by atoms with Crippen molar-refractivity contribution in [3.63, 3.8) is 0 Å². The Balaban J connectivity index is 2.17. The second-order valence-corrected chi connectivity index (χ2v) is 4.91. The lowest BCUT2D eigenvalue weighted by Crippen LogP contribution is -2.29. The van der Waals surface area contributed by atoms with Crippen LogP contribution in [0.15, 0.2) is 30.3 Å². The van der Waals surface area contributed by atoms with Gasteiger partial charge in [-0.15, -0.1) is 0 Å². The molecule has 1 atom stereocenters. The molecule has 1 aromatic carbocycles. The van der Waals surface area contributed by atoms with Gasteiger partial charge in [0.25, 0.3) is 0 Å². The van der Waals surface area contributed by atoms with E-state index in [0.29, 0.717) is 19.1 Å². The van der Waals surface area contributed by atoms with Crippen LogP contribution >= 0.6 is 11.8 Å². The topological polar surface area (TPSA) is 38.3 Å². The Morgan fingerprint density at radius 2 is 2.12 bits per heavy atom. The largest absolute Gasteiger partial charge is 0.445 e. The van der Waals surface area contributed by atoms with Crippen LogP contribution in [0.3, 0.4) is 0 Å². The van der Waals surface area contributed by atoms with Crippen molar-refractivity contribution >= 4 is 17.9 Å². The highest BCUT2D eigenvalue weighted by Gasteiger charge is 2.05. The first-order valence-electron chi connectivity index (χ1n) is 5.66. The van der Waals surface area contributed by atoms with E-state index in [-0.39, 0.29) is 6.09 Å². The number of nitrogens with one attached hydrogen (secondary N) is 1. The summed E-state index contributed by atoms with van der Waals surface area (Å²) in [6.07, 6.45) is 1.71. The second-order valence-electron chi connectivity index (χ2n) is 4.00. The number of carbonyl (C=O) groups excluding carboxylic acids is 1. The van der Waals surface area contributed by atoms with Gasteiger partial charge in [0.05, 0.1) is 0 Å². The van der Waals surface area contributed by atoms with Gasteiger partial charge in [-0.2, -0.15) is 11.8 Å². The Hall–Kier alpha value is -1.16. The van der Waals surface area contributed by atoms with Gasteiger partial charge in [-0.1, -0.05) is 37.3 Å². The fourth-order valence-corrected chi connectivity index (χ4v) is 2.06. The molecular formula is C13H19NO2S. The molecule has 0 aliphatic heterocycles. The summed E-state index contributed by atoms with van der Waals surface area (Å²) in [6.45, 7) is 3.09. The van der Waals surface area contributed by atoms with Crippen LogP contribution in [0.25, 0.3) is 0 Å². The Morgan fingerprint density at radius 3 is 2.76 bits per heavy atom. The van der Waals surface area contributed by atoms with Crippen LogP contribution in [0.5, 0.6) is 0 Å². The summed E-state index contributed by atoms with van der Waals surface area (Å²) in [5.74, 6) is 1.51. The molecule has 1 N–H and O–H groups in total. The third-order valence-corrected chi connectivity index (χ3v) is 3.16. The highest BCUT2D eigenvalue weighted by molar-refractivity contribution is 7.98. The van der Waals surface area contributed by atoms with Crippen molar-refractivity contribution < 1.29 is 9.53 Å². The predicted octanol–water partition coefficient (Wildman–Crippen LogP) is 2.91. The minimum Gasteiger partial charge on any atom is -0.445 e. The zero-order valence-corrected chi connectivity index (χ0v) is 11.1. The van der Waals surface area contributed by atoms with Gasteiger partial charge in [0.15, 0.2) is 0 Å². The average molecular weight is 253 g/mol. The van der Waals surface area contributed by atoms with E-state index in [4.69, 9.17) is 4.74 Å². The van der Waals surface area contributed by atoms with E-state index in [1.54, 1.807) is 11.8 Å². The molecule has 0 aliphatic carbocycles. The van der Waals surface area contributed by atoms with Gasteiger partial charge >= 0.3 is 6.09 Å². The molecule has 1 rings (SSSR count). The van der Waals surface area contributed by atoms with Gasteiger partial charge in [-0.3, -0.25) is 0 Å². The highest BCUT2D eigenvalue weighted by Crippen LogP contribution is 2.03. The number of hydrogen-bond acceptors (Lipinski definition) is 3. The van der Waals surface area contributed by atoms with Gasteiger partial charge < -0.3 is 10.1 Å². The van der Waals surface area contributed by atoms with Crippen molar-refractivity contribution in [1.82, 2.24) is 5.32 Å². The summed E-state index contributed by atoms with van der Waals surface area (Å²) in [6, 6.07) is 9.66.